The lowest BCUT2D eigenvalue weighted by atomic mass is 9.85. The van der Waals surface area contributed by atoms with E-state index < -0.39 is 0 Å². The zero-order valence-electron chi connectivity index (χ0n) is 11.2. The van der Waals surface area contributed by atoms with E-state index in [-0.39, 0.29) is 0 Å². The summed E-state index contributed by atoms with van der Waals surface area (Å²) in [5.41, 5.74) is 1.24. The van der Waals surface area contributed by atoms with Crippen LogP contribution in [0, 0.1) is 5.92 Å². The van der Waals surface area contributed by atoms with E-state index in [0.29, 0.717) is 0 Å². The fraction of sp³-hybridized carbons (Fsp3) is 0.786. The maximum absolute atomic E-state index is 4.72. The first-order valence-electron chi connectivity index (χ1n) is 7.15. The molecule has 0 amide bonds. The summed E-state index contributed by atoms with van der Waals surface area (Å²) in [6.45, 7) is 3.21. The minimum atomic E-state index is 0.777. The molecule has 2 fully saturated rings. The largest absolute Gasteiger partial charge is 0.308 e. The molecule has 2 saturated carbocycles. The predicted octanol–water partition coefficient (Wildman–Crippen LogP) is 2.63. The Morgan fingerprint density at radius 1 is 1.39 bits per heavy atom. The highest BCUT2D eigenvalue weighted by Crippen LogP contribution is 2.27. The summed E-state index contributed by atoms with van der Waals surface area (Å²) in [5.74, 6) is 0.949. The Morgan fingerprint density at radius 2 is 2.22 bits per heavy atom. The Morgan fingerprint density at radius 3 is 2.89 bits per heavy atom. The molecule has 3 nitrogen and oxygen atoms in total. The van der Waals surface area contributed by atoms with Gasteiger partial charge in [0.05, 0.1) is 5.69 Å². The molecule has 1 N–H and O–H groups in total. The van der Waals surface area contributed by atoms with Crippen molar-refractivity contribution < 1.29 is 0 Å². The summed E-state index contributed by atoms with van der Waals surface area (Å²) in [7, 11) is 2.22. The van der Waals surface area contributed by atoms with Crippen LogP contribution in [0.5, 0.6) is 0 Å². The molecule has 2 aliphatic carbocycles. The highest BCUT2D eigenvalue weighted by Gasteiger charge is 2.21. The fourth-order valence-corrected chi connectivity index (χ4v) is 3.22. The zero-order valence-corrected chi connectivity index (χ0v) is 12.0. The SMILES string of the molecule is CN(Cc1csc(CNC2CC2)n1)CC1CCC1. The zero-order chi connectivity index (χ0) is 12.4. The standard InChI is InChI=1S/C14H23N3S/c1-17(8-11-3-2-4-11)9-13-10-18-14(16-13)7-15-12-5-6-12/h10-12,15H,2-9H2,1H3. The Bertz CT molecular complexity index is 382. The van der Waals surface area contributed by atoms with Crippen molar-refractivity contribution in [3.05, 3.63) is 16.1 Å². The average molecular weight is 265 g/mol. The van der Waals surface area contributed by atoms with Crippen LogP contribution in [0.15, 0.2) is 5.38 Å². The molecule has 1 aromatic rings. The van der Waals surface area contributed by atoms with Crippen molar-refractivity contribution in [2.24, 2.45) is 5.92 Å². The maximum Gasteiger partial charge on any atom is 0.107 e. The van der Waals surface area contributed by atoms with Crippen molar-refractivity contribution >= 4 is 11.3 Å². The summed E-state index contributed by atoms with van der Waals surface area (Å²) in [5, 5.41) is 6.99. The molecule has 0 bridgehead atoms. The molecule has 0 unspecified atom stereocenters. The lowest BCUT2D eigenvalue weighted by molar-refractivity contribution is 0.199. The summed E-state index contributed by atoms with van der Waals surface area (Å²) >= 11 is 1.80. The molecule has 0 aliphatic heterocycles. The van der Waals surface area contributed by atoms with E-state index in [1.807, 2.05) is 0 Å². The molecule has 3 rings (SSSR count). The quantitative estimate of drug-likeness (QED) is 0.821. The van der Waals surface area contributed by atoms with Gasteiger partial charge >= 0.3 is 0 Å². The van der Waals surface area contributed by atoms with Gasteiger partial charge in [-0.2, -0.15) is 0 Å². The van der Waals surface area contributed by atoms with E-state index in [0.717, 1.165) is 25.0 Å². The van der Waals surface area contributed by atoms with E-state index in [2.05, 4.69) is 22.6 Å². The molecule has 0 radical (unpaired) electrons. The Labute approximate surface area is 114 Å². The molecule has 100 valence electrons. The fourth-order valence-electron chi connectivity index (χ4n) is 2.48. The monoisotopic (exact) mass is 265 g/mol. The van der Waals surface area contributed by atoms with Gasteiger partial charge in [-0.3, -0.25) is 0 Å². The van der Waals surface area contributed by atoms with Gasteiger partial charge in [0.25, 0.3) is 0 Å². The normalized spacial score (nSPS) is 20.3. The van der Waals surface area contributed by atoms with Crippen LogP contribution in [-0.2, 0) is 13.1 Å². The van der Waals surface area contributed by atoms with Crippen molar-refractivity contribution in [1.82, 2.24) is 15.2 Å². The molecule has 4 heteroatoms. The molecular weight excluding hydrogens is 242 g/mol. The summed E-state index contributed by atoms with van der Waals surface area (Å²) in [4.78, 5) is 7.14. The van der Waals surface area contributed by atoms with Gasteiger partial charge in [0.1, 0.15) is 5.01 Å². The number of rotatable bonds is 7. The molecule has 0 atom stereocenters. The van der Waals surface area contributed by atoms with E-state index in [1.54, 1.807) is 11.3 Å². The second kappa shape index (κ2) is 5.68. The van der Waals surface area contributed by atoms with Crippen molar-refractivity contribution in [3.63, 3.8) is 0 Å². The minimum Gasteiger partial charge on any atom is -0.308 e. The number of hydrogen-bond acceptors (Lipinski definition) is 4. The number of nitrogens with zero attached hydrogens (tertiary/aromatic N) is 2. The first kappa shape index (κ1) is 12.6. The number of nitrogens with one attached hydrogen (secondary N) is 1. The average Bonchev–Trinajstić information content (AvgIpc) is 3.03. The van der Waals surface area contributed by atoms with Crippen LogP contribution in [0.2, 0.25) is 0 Å². The Hall–Kier alpha value is -0.450. The van der Waals surface area contributed by atoms with Crippen molar-refractivity contribution in [2.45, 2.75) is 51.2 Å². The molecule has 18 heavy (non-hydrogen) atoms. The van der Waals surface area contributed by atoms with Gasteiger partial charge in [-0.15, -0.1) is 11.3 Å². The summed E-state index contributed by atoms with van der Waals surface area (Å²) in [6, 6.07) is 0.777. The Balaban J connectivity index is 1.42. The molecular formula is C14H23N3S. The van der Waals surface area contributed by atoms with Gasteiger partial charge in [0.2, 0.25) is 0 Å². The van der Waals surface area contributed by atoms with Gasteiger partial charge in [-0.1, -0.05) is 6.42 Å². The van der Waals surface area contributed by atoms with Crippen LogP contribution >= 0.6 is 11.3 Å². The topological polar surface area (TPSA) is 28.2 Å². The molecule has 1 aromatic heterocycles. The van der Waals surface area contributed by atoms with Crippen LogP contribution in [-0.4, -0.2) is 29.5 Å². The van der Waals surface area contributed by atoms with Gasteiger partial charge < -0.3 is 10.2 Å². The third kappa shape index (κ3) is 3.53. The van der Waals surface area contributed by atoms with Crippen molar-refractivity contribution in [3.8, 4) is 0 Å². The highest BCUT2D eigenvalue weighted by molar-refractivity contribution is 7.09. The van der Waals surface area contributed by atoms with Crippen molar-refractivity contribution in [1.29, 1.82) is 0 Å². The second-order valence-electron chi connectivity index (χ2n) is 5.88. The van der Waals surface area contributed by atoms with E-state index in [4.69, 9.17) is 4.98 Å². The maximum atomic E-state index is 4.72. The summed E-state index contributed by atoms with van der Waals surface area (Å²) in [6.07, 6.45) is 6.99. The van der Waals surface area contributed by atoms with Crippen LogP contribution < -0.4 is 5.32 Å². The third-order valence-corrected chi connectivity index (χ3v) is 4.84. The van der Waals surface area contributed by atoms with Crippen LogP contribution in [0.25, 0.3) is 0 Å². The predicted molar refractivity (Wildman–Crippen MR) is 75.7 cm³/mol. The van der Waals surface area contributed by atoms with Crippen LogP contribution in [0.3, 0.4) is 0 Å². The van der Waals surface area contributed by atoms with E-state index in [1.165, 1.54) is 49.4 Å². The lowest BCUT2D eigenvalue weighted by Crippen LogP contribution is -2.29. The second-order valence-corrected chi connectivity index (χ2v) is 6.82. The first-order chi connectivity index (χ1) is 8.79. The number of hydrogen-bond donors (Lipinski definition) is 1. The lowest BCUT2D eigenvalue weighted by Gasteiger charge is -2.29. The van der Waals surface area contributed by atoms with Gasteiger partial charge in [0, 0.05) is 31.1 Å². The first-order valence-corrected chi connectivity index (χ1v) is 8.03. The van der Waals surface area contributed by atoms with Crippen LogP contribution in [0.1, 0.15) is 42.8 Å². The minimum absolute atomic E-state index is 0.777. The Kier molecular flexibility index (Phi) is 3.97. The highest BCUT2D eigenvalue weighted by atomic mass is 32.1. The number of thiazole rings is 1. The van der Waals surface area contributed by atoms with Crippen LogP contribution in [0.4, 0.5) is 0 Å². The molecule has 1 heterocycles. The smallest absolute Gasteiger partial charge is 0.107 e. The van der Waals surface area contributed by atoms with Gasteiger partial charge in [0.15, 0.2) is 0 Å². The molecule has 0 aromatic carbocycles. The van der Waals surface area contributed by atoms with E-state index in [9.17, 15) is 0 Å². The van der Waals surface area contributed by atoms with Gasteiger partial charge in [-0.05, 0) is 38.6 Å². The van der Waals surface area contributed by atoms with Crippen molar-refractivity contribution in [2.75, 3.05) is 13.6 Å². The van der Waals surface area contributed by atoms with E-state index >= 15 is 0 Å². The summed E-state index contributed by atoms with van der Waals surface area (Å²) < 4.78 is 0. The number of aromatic nitrogens is 1. The molecule has 0 saturated heterocycles. The molecule has 2 aliphatic rings. The molecule has 0 spiro atoms. The van der Waals surface area contributed by atoms with Gasteiger partial charge in [-0.25, -0.2) is 4.98 Å². The third-order valence-electron chi connectivity index (χ3n) is 3.95.